The van der Waals surface area contributed by atoms with Crippen molar-refractivity contribution < 1.29 is 33.4 Å². The maximum Gasteiger partial charge on any atom is 0.279 e. The van der Waals surface area contributed by atoms with Crippen molar-refractivity contribution in [3.05, 3.63) is 65.1 Å². The quantitative estimate of drug-likeness (QED) is 0.568. The van der Waals surface area contributed by atoms with E-state index in [2.05, 4.69) is 5.32 Å². The molecule has 2 aliphatic heterocycles. The van der Waals surface area contributed by atoms with Crippen LogP contribution in [0.25, 0.3) is 5.76 Å². The van der Waals surface area contributed by atoms with Gasteiger partial charge in [0.05, 0.1) is 0 Å². The Balaban J connectivity index is 1.76. The highest BCUT2D eigenvalue weighted by molar-refractivity contribution is 6.25. The highest BCUT2D eigenvalue weighted by atomic mass is 16.6. The van der Waals surface area contributed by atoms with Crippen LogP contribution in [0.15, 0.2) is 52.5 Å². The van der Waals surface area contributed by atoms with Crippen molar-refractivity contribution in [1.82, 2.24) is 5.32 Å². The van der Waals surface area contributed by atoms with Crippen molar-refractivity contribution >= 4 is 23.2 Å². The van der Waals surface area contributed by atoms with E-state index in [1.807, 2.05) is 6.92 Å². The first kappa shape index (κ1) is 20.1. The highest BCUT2D eigenvalue weighted by Gasteiger charge is 2.74. The minimum absolute atomic E-state index is 0.0490. The summed E-state index contributed by atoms with van der Waals surface area (Å²) in [7, 11) is 1.17. The number of ketones is 2. The zero-order chi connectivity index (χ0) is 21.7. The summed E-state index contributed by atoms with van der Waals surface area (Å²) in [5, 5.41) is 13.5. The molecular formula is C22H21NO7. The Labute approximate surface area is 172 Å². The van der Waals surface area contributed by atoms with E-state index >= 15 is 0 Å². The fourth-order valence-corrected chi connectivity index (χ4v) is 3.90. The summed E-state index contributed by atoms with van der Waals surface area (Å²) < 4.78 is 16.8. The van der Waals surface area contributed by atoms with Gasteiger partial charge in [0, 0.05) is 24.7 Å². The topological polar surface area (TPSA) is 115 Å². The number of Topliss-reactive ketones (excluding diaryl/α,β-unsaturated/α-hetero) is 2. The Bertz CT molecular complexity index is 1070. The van der Waals surface area contributed by atoms with Crippen LogP contribution >= 0.6 is 0 Å². The van der Waals surface area contributed by atoms with Crippen LogP contribution in [-0.2, 0) is 25.5 Å². The number of rotatable bonds is 5. The lowest BCUT2D eigenvalue weighted by Crippen LogP contribution is -2.60. The van der Waals surface area contributed by atoms with Crippen molar-refractivity contribution in [3.8, 4) is 0 Å². The fourth-order valence-electron chi connectivity index (χ4n) is 3.90. The average Bonchev–Trinajstić information content (AvgIpc) is 3.41. The van der Waals surface area contributed by atoms with Crippen LogP contribution in [0.2, 0.25) is 0 Å². The van der Waals surface area contributed by atoms with Crippen LogP contribution in [0, 0.1) is 0 Å². The van der Waals surface area contributed by atoms with Gasteiger partial charge in [-0.25, -0.2) is 0 Å². The van der Waals surface area contributed by atoms with Gasteiger partial charge < -0.3 is 24.3 Å². The molecule has 3 heterocycles. The lowest BCUT2D eigenvalue weighted by atomic mass is 9.85. The molecule has 0 aliphatic carbocycles. The van der Waals surface area contributed by atoms with Gasteiger partial charge in [-0.15, -0.1) is 0 Å². The average molecular weight is 411 g/mol. The van der Waals surface area contributed by atoms with Gasteiger partial charge >= 0.3 is 0 Å². The molecule has 2 N–H and O–H groups in total. The second-order valence-electron chi connectivity index (χ2n) is 7.23. The molecule has 3 atom stereocenters. The highest BCUT2D eigenvalue weighted by Crippen LogP contribution is 2.45. The van der Waals surface area contributed by atoms with Gasteiger partial charge in [0.1, 0.15) is 5.76 Å². The maximum atomic E-state index is 13.2. The van der Waals surface area contributed by atoms with E-state index in [1.165, 1.54) is 26.2 Å². The van der Waals surface area contributed by atoms with Crippen molar-refractivity contribution in [2.24, 2.45) is 0 Å². The minimum Gasteiger partial charge on any atom is -0.462 e. The van der Waals surface area contributed by atoms with E-state index in [1.54, 1.807) is 30.3 Å². The molecule has 1 spiro atoms. The molecule has 1 aromatic carbocycles. The number of aliphatic hydroxyl groups is 1. The smallest absolute Gasteiger partial charge is 0.279 e. The number of furan rings is 1. The van der Waals surface area contributed by atoms with Gasteiger partial charge in [-0.3, -0.25) is 14.4 Å². The largest absolute Gasteiger partial charge is 0.462 e. The standard InChI is InChI=1S/C22H21NO7/c1-4-14-10-11-15(29-14)16-12(2)17(24)21(30-16)19(26)22(28-3,23-20(21)27)18(25)13-8-6-5-7-9-13/h5-11,19,26H,4H2,1-3H3,(H,23,27)/t19?,21-,22-/m1/s1. The molecule has 8 heteroatoms. The Morgan fingerprint density at radius 1 is 1.20 bits per heavy atom. The first-order valence-electron chi connectivity index (χ1n) is 9.51. The second-order valence-corrected chi connectivity index (χ2v) is 7.23. The molecule has 30 heavy (non-hydrogen) atoms. The van der Waals surface area contributed by atoms with Crippen LogP contribution < -0.4 is 5.32 Å². The number of nitrogens with one attached hydrogen (secondary N) is 1. The SMILES string of the molecule is CCc1ccc(C2=C(C)C(=O)[C@]3(O2)C(=O)N[C@@](OC)(C(=O)c2ccccc2)C3O)o1. The predicted octanol–water partition coefficient (Wildman–Crippen LogP) is 1.63. The number of carbonyl (C=O) groups excluding carboxylic acids is 3. The van der Waals surface area contributed by atoms with Gasteiger partial charge in [0.2, 0.25) is 17.3 Å². The van der Waals surface area contributed by atoms with Crippen molar-refractivity contribution in [3.63, 3.8) is 0 Å². The molecule has 4 rings (SSSR count). The van der Waals surface area contributed by atoms with Gasteiger partial charge in [0.25, 0.3) is 11.5 Å². The normalized spacial score (nSPS) is 28.2. The minimum atomic E-state index is -2.35. The molecule has 1 aromatic heterocycles. The Morgan fingerprint density at radius 3 is 2.50 bits per heavy atom. The zero-order valence-corrected chi connectivity index (χ0v) is 16.7. The van der Waals surface area contributed by atoms with E-state index in [0.717, 1.165) is 0 Å². The zero-order valence-electron chi connectivity index (χ0n) is 16.7. The summed E-state index contributed by atoms with van der Waals surface area (Å²) in [6.07, 6.45) is -1.30. The third kappa shape index (κ3) is 2.50. The van der Waals surface area contributed by atoms with Crippen LogP contribution in [0.3, 0.4) is 0 Å². The number of aliphatic hydroxyl groups excluding tert-OH is 1. The summed E-state index contributed by atoms with van der Waals surface area (Å²) in [6.45, 7) is 3.38. The van der Waals surface area contributed by atoms with Gasteiger partial charge in [-0.05, 0) is 19.1 Å². The Kier molecular flexibility index (Phi) is 4.63. The molecule has 156 valence electrons. The molecule has 1 amide bonds. The van der Waals surface area contributed by atoms with Crippen molar-refractivity contribution in [2.45, 2.75) is 37.7 Å². The van der Waals surface area contributed by atoms with E-state index in [0.29, 0.717) is 12.2 Å². The number of hydrogen-bond donors (Lipinski definition) is 2. The molecule has 0 saturated carbocycles. The lowest BCUT2D eigenvalue weighted by Gasteiger charge is -2.32. The number of carbonyl (C=O) groups is 3. The van der Waals surface area contributed by atoms with Gasteiger partial charge in [-0.1, -0.05) is 37.3 Å². The third-order valence-electron chi connectivity index (χ3n) is 5.62. The van der Waals surface area contributed by atoms with Crippen molar-refractivity contribution in [2.75, 3.05) is 7.11 Å². The Morgan fingerprint density at radius 2 is 1.90 bits per heavy atom. The summed E-state index contributed by atoms with van der Waals surface area (Å²) in [4.78, 5) is 39.3. The van der Waals surface area contributed by atoms with E-state index in [9.17, 15) is 19.5 Å². The molecule has 0 radical (unpaired) electrons. The molecular weight excluding hydrogens is 390 g/mol. The van der Waals surface area contributed by atoms with Crippen LogP contribution in [-0.4, -0.2) is 47.1 Å². The summed E-state index contributed by atoms with van der Waals surface area (Å²) in [6, 6.07) is 11.4. The van der Waals surface area contributed by atoms with Crippen LogP contribution in [0.5, 0.6) is 0 Å². The predicted molar refractivity (Wildman–Crippen MR) is 104 cm³/mol. The maximum absolute atomic E-state index is 13.2. The number of ether oxygens (including phenoxy) is 2. The Hall–Kier alpha value is -3.23. The van der Waals surface area contributed by atoms with Crippen molar-refractivity contribution in [1.29, 1.82) is 0 Å². The molecule has 1 fully saturated rings. The summed E-state index contributed by atoms with van der Waals surface area (Å²) in [5.41, 5.74) is -4.22. The summed E-state index contributed by atoms with van der Waals surface area (Å²) >= 11 is 0. The molecule has 2 aromatic rings. The molecule has 8 nitrogen and oxygen atoms in total. The lowest BCUT2D eigenvalue weighted by molar-refractivity contribution is -0.156. The number of aryl methyl sites for hydroxylation is 1. The van der Waals surface area contributed by atoms with E-state index in [4.69, 9.17) is 13.9 Å². The fraction of sp³-hybridized carbons (Fsp3) is 0.318. The van der Waals surface area contributed by atoms with E-state index in [-0.39, 0.29) is 22.7 Å². The second kappa shape index (κ2) is 6.93. The number of benzene rings is 1. The monoisotopic (exact) mass is 411 g/mol. The van der Waals surface area contributed by atoms with E-state index < -0.39 is 34.9 Å². The van der Waals surface area contributed by atoms with Crippen LogP contribution in [0.1, 0.15) is 35.7 Å². The molecule has 0 bridgehead atoms. The number of hydrogen-bond acceptors (Lipinski definition) is 7. The first-order chi connectivity index (χ1) is 14.3. The molecule has 1 unspecified atom stereocenters. The molecule has 1 saturated heterocycles. The van der Waals surface area contributed by atoms with Gasteiger partial charge in [0.15, 0.2) is 17.6 Å². The third-order valence-corrected chi connectivity index (χ3v) is 5.62. The summed E-state index contributed by atoms with van der Waals surface area (Å²) in [5.74, 6) is -1.42. The van der Waals surface area contributed by atoms with Crippen LogP contribution in [0.4, 0.5) is 0 Å². The number of amides is 1. The van der Waals surface area contributed by atoms with Gasteiger partial charge in [-0.2, -0.15) is 0 Å². The first-order valence-corrected chi connectivity index (χ1v) is 9.51. The molecule has 2 aliphatic rings. The number of methoxy groups -OCH3 is 1.